The van der Waals surface area contributed by atoms with Crippen LogP contribution in [0.15, 0.2) is 127 Å². The van der Waals surface area contributed by atoms with Crippen molar-refractivity contribution in [1.82, 2.24) is 0 Å². The highest BCUT2D eigenvalue weighted by atomic mass is 15.1. The molecule has 4 fully saturated rings. The van der Waals surface area contributed by atoms with E-state index >= 15 is 0 Å². The third-order valence-corrected chi connectivity index (χ3v) is 16.2. The van der Waals surface area contributed by atoms with Crippen molar-refractivity contribution in [3.05, 3.63) is 150 Å². The number of benzene rings is 6. The smallest absolute Gasteiger partial charge is 0.0509 e. The van der Waals surface area contributed by atoms with Gasteiger partial charge in [0.2, 0.25) is 0 Å². The lowest BCUT2D eigenvalue weighted by Crippen LogP contribution is -2.73. The molecular weight excluding hydrogens is 639 g/mol. The number of nitrogens with zero attached hydrogens (tertiary/aromatic N) is 1. The monoisotopic (exact) mass is 687 g/mol. The van der Waals surface area contributed by atoms with Gasteiger partial charge in [0.1, 0.15) is 0 Å². The van der Waals surface area contributed by atoms with E-state index < -0.39 is 0 Å². The van der Waals surface area contributed by atoms with Gasteiger partial charge in [0.25, 0.3) is 0 Å². The molecule has 0 saturated heterocycles. The predicted molar refractivity (Wildman–Crippen MR) is 220 cm³/mol. The largest absolute Gasteiger partial charge is 0.310 e. The summed E-state index contributed by atoms with van der Waals surface area (Å²) >= 11 is 0. The summed E-state index contributed by atoms with van der Waals surface area (Å²) in [6, 6.07) is 49.5. The first kappa shape index (κ1) is 30.8. The quantitative estimate of drug-likeness (QED) is 0.178. The average molecular weight is 688 g/mol. The van der Waals surface area contributed by atoms with Gasteiger partial charge in [-0.3, -0.25) is 0 Å². The lowest BCUT2D eigenvalue weighted by Gasteiger charge is -2.76. The second-order valence-electron chi connectivity index (χ2n) is 19.2. The summed E-state index contributed by atoms with van der Waals surface area (Å²) in [5.41, 5.74) is 16.8. The molecule has 262 valence electrons. The summed E-state index contributed by atoms with van der Waals surface area (Å²) in [5.74, 6) is 3.43. The van der Waals surface area contributed by atoms with Gasteiger partial charge in [-0.25, -0.2) is 0 Å². The molecule has 53 heavy (non-hydrogen) atoms. The molecular formula is C52H49N. The molecule has 6 aliphatic carbocycles. The Kier molecular flexibility index (Phi) is 5.88. The molecule has 1 heteroatoms. The standard InChI is InChI=1S/C52H49N/c1-49(2)24-25-50(3,4)44-30-39(22-23-43(44)49)53(38-20-18-34(19-21-38)36-17-16-33-10-5-6-11-35(33)28-36)45-15-9-13-41-40-12-7-8-14-42(40)52(48(41)45)46-27-32-26-37-29-47(52)51(37,46)31-32/h5-23,28,30,32,37,46-47H,24-27,29,31H2,1-4H3. The molecule has 1 nitrogen and oxygen atoms in total. The Balaban J connectivity index is 1.07. The Morgan fingerprint density at radius 3 is 2.06 bits per heavy atom. The van der Waals surface area contributed by atoms with Crippen LogP contribution in [0.5, 0.6) is 0 Å². The minimum Gasteiger partial charge on any atom is -0.310 e. The minimum atomic E-state index is 0.118. The summed E-state index contributed by atoms with van der Waals surface area (Å²) in [5, 5.41) is 2.58. The van der Waals surface area contributed by atoms with Crippen molar-refractivity contribution < 1.29 is 0 Å². The first-order chi connectivity index (χ1) is 25.7. The highest BCUT2D eigenvalue weighted by Gasteiger charge is 2.84. The number of anilines is 3. The molecule has 0 radical (unpaired) electrons. The minimum absolute atomic E-state index is 0.118. The molecule has 6 unspecified atom stereocenters. The fourth-order valence-corrected chi connectivity index (χ4v) is 13.9. The SMILES string of the molecule is CC1(C)CCC(C)(C)c2cc(N(c3ccc(-c4ccc5ccccc5c4)cc3)c3cccc4c3C3(c5ccccc5-4)C4CC5CC6CC3C64C5)ccc21. The highest BCUT2D eigenvalue weighted by molar-refractivity contribution is 5.93. The molecule has 2 spiro atoms. The van der Waals surface area contributed by atoms with E-state index in [-0.39, 0.29) is 16.2 Å². The zero-order valence-electron chi connectivity index (χ0n) is 31.6. The Morgan fingerprint density at radius 1 is 0.528 bits per heavy atom. The first-order valence-electron chi connectivity index (χ1n) is 20.5. The van der Waals surface area contributed by atoms with Crippen LogP contribution < -0.4 is 4.90 Å². The molecule has 6 atom stereocenters. The number of rotatable bonds is 4. The highest BCUT2D eigenvalue weighted by Crippen LogP contribution is 2.90. The van der Waals surface area contributed by atoms with E-state index in [0.717, 1.165) is 23.7 Å². The van der Waals surface area contributed by atoms with Crippen LogP contribution in [-0.2, 0) is 16.2 Å². The molecule has 6 aromatic carbocycles. The summed E-state index contributed by atoms with van der Waals surface area (Å²) in [6.45, 7) is 9.83. The van der Waals surface area contributed by atoms with Crippen molar-refractivity contribution in [2.75, 3.05) is 4.90 Å². The molecule has 0 amide bonds. The molecule has 0 aliphatic heterocycles. The van der Waals surface area contributed by atoms with E-state index in [1.54, 1.807) is 11.1 Å². The van der Waals surface area contributed by atoms with Gasteiger partial charge in [0.05, 0.1) is 5.69 Å². The van der Waals surface area contributed by atoms with Gasteiger partial charge < -0.3 is 4.90 Å². The van der Waals surface area contributed by atoms with E-state index in [9.17, 15) is 0 Å². The molecule has 0 N–H and O–H groups in total. The molecule has 0 heterocycles. The van der Waals surface area contributed by atoms with Crippen LogP contribution in [0.4, 0.5) is 17.1 Å². The zero-order chi connectivity index (χ0) is 35.5. The Morgan fingerprint density at radius 2 is 1.23 bits per heavy atom. The molecule has 6 aromatic rings. The lowest BCUT2D eigenvalue weighted by atomic mass is 9.26. The predicted octanol–water partition coefficient (Wildman–Crippen LogP) is 13.7. The number of fused-ring (bicyclic) bond motifs is 10. The van der Waals surface area contributed by atoms with Gasteiger partial charge in [-0.05, 0) is 170 Å². The number of hydrogen-bond acceptors (Lipinski definition) is 1. The van der Waals surface area contributed by atoms with Crippen LogP contribution >= 0.6 is 0 Å². The van der Waals surface area contributed by atoms with Crippen LogP contribution in [0.3, 0.4) is 0 Å². The van der Waals surface area contributed by atoms with Gasteiger partial charge in [-0.1, -0.05) is 119 Å². The first-order valence-corrected chi connectivity index (χ1v) is 20.5. The lowest BCUT2D eigenvalue weighted by molar-refractivity contribution is -0.231. The molecule has 0 aromatic heterocycles. The van der Waals surface area contributed by atoms with Crippen LogP contribution in [0.2, 0.25) is 0 Å². The van der Waals surface area contributed by atoms with Gasteiger partial charge >= 0.3 is 0 Å². The van der Waals surface area contributed by atoms with Gasteiger partial charge in [-0.15, -0.1) is 0 Å². The fourth-order valence-electron chi connectivity index (χ4n) is 13.9. The summed E-state index contributed by atoms with van der Waals surface area (Å²) in [6.07, 6.45) is 8.26. The van der Waals surface area contributed by atoms with Gasteiger partial charge in [0.15, 0.2) is 0 Å². The normalized spacial score (nSPS) is 29.9. The second-order valence-corrected chi connectivity index (χ2v) is 19.2. The van der Waals surface area contributed by atoms with E-state index in [2.05, 4.69) is 160 Å². The van der Waals surface area contributed by atoms with E-state index in [1.165, 1.54) is 99.7 Å². The molecule has 12 rings (SSSR count). The van der Waals surface area contributed by atoms with Gasteiger partial charge in [0, 0.05) is 16.8 Å². The maximum Gasteiger partial charge on any atom is 0.0509 e. The maximum absolute atomic E-state index is 2.67. The van der Waals surface area contributed by atoms with Crippen molar-refractivity contribution in [1.29, 1.82) is 0 Å². The summed E-state index contributed by atoms with van der Waals surface area (Å²) in [4.78, 5) is 2.67. The van der Waals surface area contributed by atoms with Crippen molar-refractivity contribution in [2.45, 2.75) is 82.5 Å². The topological polar surface area (TPSA) is 3.24 Å². The van der Waals surface area contributed by atoms with Crippen molar-refractivity contribution in [3.8, 4) is 22.3 Å². The third kappa shape index (κ3) is 3.75. The third-order valence-electron chi connectivity index (χ3n) is 16.2. The Hall–Kier alpha value is -4.62. The fraction of sp³-hybridized carbons (Fsp3) is 0.346. The van der Waals surface area contributed by atoms with E-state index in [1.807, 2.05) is 0 Å². The van der Waals surface area contributed by atoms with E-state index in [4.69, 9.17) is 0 Å². The Bertz CT molecular complexity index is 2520. The van der Waals surface area contributed by atoms with E-state index in [0.29, 0.717) is 5.41 Å². The Labute approximate surface area is 315 Å². The van der Waals surface area contributed by atoms with Gasteiger partial charge in [-0.2, -0.15) is 0 Å². The van der Waals surface area contributed by atoms with Crippen molar-refractivity contribution in [2.24, 2.45) is 29.1 Å². The van der Waals surface area contributed by atoms with Crippen LogP contribution in [0.1, 0.15) is 88.5 Å². The van der Waals surface area contributed by atoms with Crippen LogP contribution in [0.25, 0.3) is 33.0 Å². The summed E-state index contributed by atoms with van der Waals surface area (Å²) < 4.78 is 0. The van der Waals surface area contributed by atoms with Crippen molar-refractivity contribution in [3.63, 3.8) is 0 Å². The maximum atomic E-state index is 2.67. The average Bonchev–Trinajstić information content (AvgIpc) is 3.81. The molecule has 2 bridgehead atoms. The van der Waals surface area contributed by atoms with Crippen LogP contribution in [0, 0.1) is 29.1 Å². The molecule has 4 saturated carbocycles. The molecule has 6 aliphatic rings. The zero-order valence-corrected chi connectivity index (χ0v) is 31.6. The number of hydrogen-bond donors (Lipinski definition) is 0. The summed E-state index contributed by atoms with van der Waals surface area (Å²) in [7, 11) is 0. The van der Waals surface area contributed by atoms with Crippen molar-refractivity contribution >= 4 is 27.8 Å². The second kappa shape index (κ2) is 10.1. The van der Waals surface area contributed by atoms with Crippen LogP contribution in [-0.4, -0.2) is 0 Å².